The van der Waals surface area contributed by atoms with E-state index >= 15 is 0 Å². The van der Waals surface area contributed by atoms with Crippen LogP contribution in [0.2, 0.25) is 0 Å². The third-order valence-corrected chi connectivity index (χ3v) is 4.01. The molecule has 1 atom stereocenters. The Morgan fingerprint density at radius 1 is 1.15 bits per heavy atom. The summed E-state index contributed by atoms with van der Waals surface area (Å²) in [5.41, 5.74) is 1.36. The molecule has 0 aliphatic heterocycles. The highest BCUT2D eigenvalue weighted by molar-refractivity contribution is 7.98. The molecule has 0 spiro atoms. The van der Waals surface area contributed by atoms with Crippen molar-refractivity contribution in [3.63, 3.8) is 0 Å². The van der Waals surface area contributed by atoms with Gasteiger partial charge in [0.1, 0.15) is 23.3 Å². The summed E-state index contributed by atoms with van der Waals surface area (Å²) in [6.07, 6.45) is 1.11. The molecule has 0 saturated carbocycles. The molecule has 0 amide bonds. The smallest absolute Gasteiger partial charge is 0.138 e. The van der Waals surface area contributed by atoms with E-state index in [1.807, 2.05) is 30.5 Å². The molecule has 0 fully saturated rings. The van der Waals surface area contributed by atoms with Gasteiger partial charge in [0.25, 0.3) is 0 Å². The molecule has 0 radical (unpaired) electrons. The standard InChI is InChI=1S/C16H13FO2S/c1-20-15-5-3-2-4-12(15)16(18)14-9-10-8-11(17)6-7-13(10)19-14/h2-9,16,18H,1H3. The zero-order valence-corrected chi connectivity index (χ0v) is 11.7. The molecule has 0 saturated heterocycles. The number of aliphatic hydroxyl groups is 1. The van der Waals surface area contributed by atoms with Crippen LogP contribution in [0.1, 0.15) is 17.4 Å². The normalized spacial score (nSPS) is 12.8. The number of hydrogen-bond donors (Lipinski definition) is 1. The van der Waals surface area contributed by atoms with E-state index < -0.39 is 6.10 Å². The van der Waals surface area contributed by atoms with E-state index in [0.717, 1.165) is 10.5 Å². The fraction of sp³-hybridized carbons (Fsp3) is 0.125. The summed E-state index contributed by atoms with van der Waals surface area (Å²) < 4.78 is 18.8. The van der Waals surface area contributed by atoms with Crippen molar-refractivity contribution in [3.8, 4) is 0 Å². The Hall–Kier alpha value is -1.78. The van der Waals surface area contributed by atoms with Crippen LogP contribution >= 0.6 is 11.8 Å². The van der Waals surface area contributed by atoms with Crippen LogP contribution in [0.5, 0.6) is 0 Å². The molecule has 1 heterocycles. The van der Waals surface area contributed by atoms with Gasteiger partial charge in [-0.3, -0.25) is 0 Å². The molecule has 102 valence electrons. The lowest BCUT2D eigenvalue weighted by atomic mass is 10.1. The molecule has 4 heteroatoms. The van der Waals surface area contributed by atoms with E-state index in [0.29, 0.717) is 16.7 Å². The first-order chi connectivity index (χ1) is 9.69. The van der Waals surface area contributed by atoms with Crippen molar-refractivity contribution >= 4 is 22.7 Å². The van der Waals surface area contributed by atoms with Crippen molar-refractivity contribution in [2.24, 2.45) is 0 Å². The number of thioether (sulfide) groups is 1. The van der Waals surface area contributed by atoms with E-state index in [1.165, 1.54) is 12.1 Å². The zero-order chi connectivity index (χ0) is 14.1. The van der Waals surface area contributed by atoms with Crippen LogP contribution in [-0.2, 0) is 0 Å². The van der Waals surface area contributed by atoms with Crippen molar-refractivity contribution in [2.75, 3.05) is 6.26 Å². The van der Waals surface area contributed by atoms with Crippen LogP contribution in [0.4, 0.5) is 4.39 Å². The lowest BCUT2D eigenvalue weighted by Crippen LogP contribution is -1.99. The Balaban J connectivity index is 2.05. The van der Waals surface area contributed by atoms with Gasteiger partial charge in [0, 0.05) is 15.8 Å². The maximum atomic E-state index is 13.2. The fourth-order valence-corrected chi connectivity index (χ4v) is 2.85. The highest BCUT2D eigenvalue weighted by Crippen LogP contribution is 2.33. The van der Waals surface area contributed by atoms with Crippen LogP contribution in [0.3, 0.4) is 0 Å². The van der Waals surface area contributed by atoms with Crippen molar-refractivity contribution in [3.05, 3.63) is 65.7 Å². The van der Waals surface area contributed by atoms with Gasteiger partial charge in [-0.25, -0.2) is 4.39 Å². The molecule has 1 unspecified atom stereocenters. The molecular weight excluding hydrogens is 275 g/mol. The molecule has 20 heavy (non-hydrogen) atoms. The first kappa shape index (κ1) is 13.2. The van der Waals surface area contributed by atoms with Gasteiger partial charge < -0.3 is 9.52 Å². The van der Waals surface area contributed by atoms with Gasteiger partial charge in [0.2, 0.25) is 0 Å². The van der Waals surface area contributed by atoms with E-state index in [1.54, 1.807) is 23.9 Å². The number of halogens is 1. The zero-order valence-electron chi connectivity index (χ0n) is 10.8. The molecule has 2 aromatic carbocycles. The Kier molecular flexibility index (Phi) is 3.51. The monoisotopic (exact) mass is 288 g/mol. The van der Waals surface area contributed by atoms with Crippen LogP contribution in [0.15, 0.2) is 57.8 Å². The van der Waals surface area contributed by atoms with Gasteiger partial charge in [0.15, 0.2) is 0 Å². The largest absolute Gasteiger partial charge is 0.458 e. The SMILES string of the molecule is CSc1ccccc1C(O)c1cc2cc(F)ccc2o1. The number of rotatable bonds is 3. The molecule has 2 nitrogen and oxygen atoms in total. The summed E-state index contributed by atoms with van der Waals surface area (Å²) in [4.78, 5) is 0.992. The number of aliphatic hydroxyl groups excluding tert-OH is 1. The molecule has 0 aliphatic carbocycles. The van der Waals surface area contributed by atoms with Gasteiger partial charge >= 0.3 is 0 Å². The topological polar surface area (TPSA) is 33.4 Å². The van der Waals surface area contributed by atoms with Crippen LogP contribution in [0, 0.1) is 5.82 Å². The minimum absolute atomic E-state index is 0.316. The van der Waals surface area contributed by atoms with E-state index in [2.05, 4.69) is 0 Å². The predicted octanol–water partition coefficient (Wildman–Crippen LogP) is 4.38. The number of benzene rings is 2. The summed E-state index contributed by atoms with van der Waals surface area (Å²) in [5, 5.41) is 11.1. The highest BCUT2D eigenvalue weighted by Gasteiger charge is 2.18. The molecule has 3 rings (SSSR count). The third kappa shape index (κ3) is 2.32. The molecule has 1 aromatic heterocycles. The van der Waals surface area contributed by atoms with Gasteiger partial charge in [-0.15, -0.1) is 11.8 Å². The molecule has 0 bridgehead atoms. The molecule has 1 N–H and O–H groups in total. The maximum absolute atomic E-state index is 13.2. The maximum Gasteiger partial charge on any atom is 0.138 e. The van der Waals surface area contributed by atoms with Gasteiger partial charge in [-0.05, 0) is 36.6 Å². The highest BCUT2D eigenvalue weighted by atomic mass is 32.2. The molecular formula is C16H13FO2S. The Bertz CT molecular complexity index is 751. The molecule has 3 aromatic rings. The summed E-state index contributed by atoms with van der Waals surface area (Å²) in [6.45, 7) is 0. The van der Waals surface area contributed by atoms with Crippen molar-refractivity contribution in [1.82, 2.24) is 0 Å². The first-order valence-electron chi connectivity index (χ1n) is 6.19. The van der Waals surface area contributed by atoms with Gasteiger partial charge in [0.05, 0.1) is 0 Å². The average Bonchev–Trinajstić information content (AvgIpc) is 2.89. The average molecular weight is 288 g/mol. The van der Waals surface area contributed by atoms with Gasteiger partial charge in [-0.2, -0.15) is 0 Å². The number of furan rings is 1. The lowest BCUT2D eigenvalue weighted by molar-refractivity contribution is 0.189. The van der Waals surface area contributed by atoms with Crippen molar-refractivity contribution in [1.29, 1.82) is 0 Å². The first-order valence-corrected chi connectivity index (χ1v) is 7.41. The second-order valence-corrected chi connectivity index (χ2v) is 5.32. The number of fused-ring (bicyclic) bond motifs is 1. The Labute approximate surface area is 120 Å². The van der Waals surface area contributed by atoms with E-state index in [4.69, 9.17) is 4.42 Å². The van der Waals surface area contributed by atoms with Gasteiger partial charge in [-0.1, -0.05) is 18.2 Å². The Morgan fingerprint density at radius 3 is 2.75 bits per heavy atom. The van der Waals surface area contributed by atoms with Crippen molar-refractivity contribution < 1.29 is 13.9 Å². The number of hydrogen-bond acceptors (Lipinski definition) is 3. The second kappa shape index (κ2) is 5.31. The van der Waals surface area contributed by atoms with Crippen LogP contribution in [-0.4, -0.2) is 11.4 Å². The van der Waals surface area contributed by atoms with E-state index in [9.17, 15) is 9.50 Å². The summed E-state index contributed by atoms with van der Waals surface area (Å²) in [7, 11) is 0. The third-order valence-electron chi connectivity index (χ3n) is 3.20. The minimum atomic E-state index is -0.853. The minimum Gasteiger partial charge on any atom is -0.458 e. The van der Waals surface area contributed by atoms with Crippen molar-refractivity contribution in [2.45, 2.75) is 11.0 Å². The molecule has 0 aliphatic rings. The lowest BCUT2D eigenvalue weighted by Gasteiger charge is -2.11. The van der Waals surface area contributed by atoms with Crippen LogP contribution < -0.4 is 0 Å². The summed E-state index contributed by atoms with van der Waals surface area (Å²) >= 11 is 1.57. The Morgan fingerprint density at radius 2 is 1.95 bits per heavy atom. The summed E-state index contributed by atoms with van der Waals surface area (Å²) in [5.74, 6) is 0.107. The van der Waals surface area contributed by atoms with E-state index in [-0.39, 0.29) is 5.82 Å². The quantitative estimate of drug-likeness (QED) is 0.726. The predicted molar refractivity (Wildman–Crippen MR) is 78.5 cm³/mol. The summed E-state index contributed by atoms with van der Waals surface area (Å²) in [6, 6.07) is 13.6. The fourth-order valence-electron chi connectivity index (χ4n) is 2.22. The second-order valence-electron chi connectivity index (χ2n) is 4.48. The van der Waals surface area contributed by atoms with Crippen LogP contribution in [0.25, 0.3) is 11.0 Å².